The van der Waals surface area contributed by atoms with Gasteiger partial charge in [-0.2, -0.15) is 13.2 Å². The lowest BCUT2D eigenvalue weighted by Gasteiger charge is -2.24. The first-order valence-corrected chi connectivity index (χ1v) is 19.3. The fourth-order valence-electron chi connectivity index (χ4n) is 4.96. The summed E-state index contributed by atoms with van der Waals surface area (Å²) < 4.78 is 101. The molecule has 0 aliphatic carbocycles. The Bertz CT molecular complexity index is 1790. The number of aryl methyl sites for hydroxylation is 1. The maximum Gasteiger partial charge on any atom is 0.485 e. The standard InChI is InChI=1S/C33H41N2O9S2.CHF3O3S/c1-21(36)35(15-11-14-34-12-9-8-10-13-34)33(37)44-22(2)43-31-27(40-5)16-23(17-28(31)41-6)29-20-45-32(46-29)24-18-25(38-3)30(42-7)26(19-24)39-4;2-1(3,4)8(5,6)7/h8-10,12-13,16-19,22,29,32H,11,14-15,20H2,1-7H3;(H,5,6,7)/q+1;/p-1. The highest BCUT2D eigenvalue weighted by atomic mass is 32.2. The van der Waals surface area contributed by atoms with Gasteiger partial charge >= 0.3 is 11.6 Å². The van der Waals surface area contributed by atoms with Gasteiger partial charge in [0.15, 0.2) is 45.5 Å². The van der Waals surface area contributed by atoms with Gasteiger partial charge in [0.05, 0.1) is 40.1 Å². The number of carbonyl (C=O) groups is 2. The maximum absolute atomic E-state index is 12.9. The molecule has 2 aromatic carbocycles. The van der Waals surface area contributed by atoms with Crippen molar-refractivity contribution in [3.05, 3.63) is 66.0 Å². The van der Waals surface area contributed by atoms with E-state index in [-0.39, 0.29) is 16.4 Å². The minimum absolute atomic E-state index is 0.124. The highest BCUT2D eigenvalue weighted by Crippen LogP contribution is 2.58. The van der Waals surface area contributed by atoms with Crippen molar-refractivity contribution in [2.75, 3.05) is 47.8 Å². The van der Waals surface area contributed by atoms with Crippen LogP contribution < -0.4 is 33.0 Å². The molecule has 20 heteroatoms. The highest BCUT2D eigenvalue weighted by Gasteiger charge is 2.37. The number of amides is 2. The Morgan fingerprint density at radius 3 is 1.85 bits per heavy atom. The molecule has 3 unspecified atom stereocenters. The van der Waals surface area contributed by atoms with Crippen LogP contribution in [0.1, 0.15) is 41.2 Å². The van der Waals surface area contributed by atoms with E-state index in [2.05, 4.69) is 0 Å². The smallest absolute Gasteiger partial charge is 0.485 e. The van der Waals surface area contributed by atoms with Crippen molar-refractivity contribution in [3.8, 4) is 34.5 Å². The summed E-state index contributed by atoms with van der Waals surface area (Å²) in [5.41, 5.74) is -3.59. The zero-order valence-electron chi connectivity index (χ0n) is 30.4. The van der Waals surface area contributed by atoms with Gasteiger partial charge in [0.2, 0.25) is 23.7 Å². The summed E-state index contributed by atoms with van der Waals surface area (Å²) in [4.78, 5) is 26.3. The first-order chi connectivity index (χ1) is 25.5. The molecule has 2 amide bonds. The van der Waals surface area contributed by atoms with Crippen molar-refractivity contribution in [3.63, 3.8) is 0 Å². The predicted octanol–water partition coefficient (Wildman–Crippen LogP) is 6.09. The van der Waals surface area contributed by atoms with E-state index in [0.717, 1.165) is 21.8 Å². The molecule has 0 radical (unpaired) electrons. The Morgan fingerprint density at radius 2 is 1.39 bits per heavy atom. The molecule has 14 nitrogen and oxygen atoms in total. The topological polar surface area (TPSA) is 163 Å². The summed E-state index contributed by atoms with van der Waals surface area (Å²) in [5.74, 6) is 3.37. The van der Waals surface area contributed by atoms with Gasteiger partial charge in [-0.25, -0.2) is 22.7 Å². The van der Waals surface area contributed by atoms with Gasteiger partial charge in [-0.15, -0.1) is 23.5 Å². The molecule has 3 atom stereocenters. The lowest BCUT2D eigenvalue weighted by atomic mass is 10.1. The summed E-state index contributed by atoms with van der Waals surface area (Å²) in [6.07, 6.45) is 2.60. The average molecular weight is 823 g/mol. The number of thioether (sulfide) groups is 2. The molecule has 1 aliphatic rings. The minimum atomic E-state index is -6.09. The van der Waals surface area contributed by atoms with Crippen LogP contribution in [0.3, 0.4) is 0 Å². The van der Waals surface area contributed by atoms with Crippen LogP contribution in [-0.2, 0) is 26.2 Å². The Labute approximate surface area is 319 Å². The number of alkyl halides is 3. The number of halogens is 3. The largest absolute Gasteiger partial charge is 0.741 e. The molecule has 0 bridgehead atoms. The first kappa shape index (κ1) is 44.1. The quantitative estimate of drug-likeness (QED) is 0.0795. The van der Waals surface area contributed by atoms with Crippen LogP contribution in [0.25, 0.3) is 0 Å². The van der Waals surface area contributed by atoms with Crippen molar-refractivity contribution >= 4 is 45.6 Å². The van der Waals surface area contributed by atoms with Crippen molar-refractivity contribution in [1.29, 1.82) is 0 Å². The number of hydrogen-bond donors (Lipinski definition) is 0. The Kier molecular flexibility index (Phi) is 16.2. The third kappa shape index (κ3) is 11.9. The maximum atomic E-state index is 12.9. The van der Waals surface area contributed by atoms with E-state index in [9.17, 15) is 22.8 Å². The Hall–Kier alpha value is -4.27. The van der Waals surface area contributed by atoms with Gasteiger partial charge in [-0.05, 0) is 35.4 Å². The number of methoxy groups -OCH3 is 5. The summed E-state index contributed by atoms with van der Waals surface area (Å²) in [6.45, 7) is 3.76. The van der Waals surface area contributed by atoms with E-state index in [0.29, 0.717) is 47.5 Å². The number of ether oxygens (including phenoxy) is 7. The number of imide groups is 1. The summed E-state index contributed by atoms with van der Waals surface area (Å²) in [7, 11) is 1.79. The van der Waals surface area contributed by atoms with Crippen LogP contribution in [0.5, 0.6) is 34.5 Å². The van der Waals surface area contributed by atoms with Crippen LogP contribution in [0.2, 0.25) is 0 Å². The molecule has 1 fully saturated rings. The van der Waals surface area contributed by atoms with Gasteiger partial charge in [-0.3, -0.25) is 4.79 Å². The number of pyridine rings is 1. The van der Waals surface area contributed by atoms with E-state index < -0.39 is 33.9 Å². The van der Waals surface area contributed by atoms with Gasteiger partial charge < -0.3 is 37.7 Å². The normalized spacial score (nSPS) is 15.9. The minimum Gasteiger partial charge on any atom is -0.741 e. The molecule has 2 heterocycles. The summed E-state index contributed by atoms with van der Waals surface area (Å²) >= 11 is 3.61. The van der Waals surface area contributed by atoms with Crippen molar-refractivity contribution < 1.29 is 73.5 Å². The van der Waals surface area contributed by atoms with Gasteiger partial charge in [0.25, 0.3) is 0 Å². The third-order valence-corrected chi connectivity index (χ3v) is 11.4. The second kappa shape index (κ2) is 19.9. The SMILES string of the molecule is COc1cc(C2SCC(c3cc(OC)c(OC(C)OC(=O)N(CCC[n+]4ccccc4)C(C)=O)c(OC)c3)S2)cc(OC)c1OC.O=S(=O)([O-])C(F)(F)F. The van der Waals surface area contributed by atoms with Gasteiger partial charge in [0, 0.05) is 49.9 Å². The number of rotatable bonds is 14. The van der Waals surface area contributed by atoms with Crippen molar-refractivity contribution in [2.45, 2.75) is 48.4 Å². The number of carbonyl (C=O) groups excluding carboxylic acids is 2. The summed E-state index contributed by atoms with van der Waals surface area (Å²) in [5, 5.41) is 0.124. The van der Waals surface area contributed by atoms with E-state index in [1.165, 1.54) is 6.92 Å². The predicted molar refractivity (Wildman–Crippen MR) is 192 cm³/mol. The van der Waals surface area contributed by atoms with E-state index in [1.807, 2.05) is 71.2 Å². The fourth-order valence-corrected chi connectivity index (χ4v) is 8.22. The molecule has 1 aromatic heterocycles. The highest BCUT2D eigenvalue weighted by molar-refractivity contribution is 8.19. The number of nitrogens with zero attached hydrogens (tertiary/aromatic N) is 2. The van der Waals surface area contributed by atoms with Crippen LogP contribution in [-0.4, -0.2) is 89.5 Å². The molecule has 1 aliphatic heterocycles. The fraction of sp³-hybridized carbons (Fsp3) is 0.441. The second-order valence-corrected chi connectivity index (χ2v) is 15.2. The van der Waals surface area contributed by atoms with Crippen LogP contribution >= 0.6 is 23.5 Å². The zero-order valence-corrected chi connectivity index (χ0v) is 32.9. The monoisotopic (exact) mass is 822 g/mol. The molecule has 4 rings (SSSR count). The number of aromatic nitrogens is 1. The average Bonchev–Trinajstić information content (AvgIpc) is 3.63. The van der Waals surface area contributed by atoms with Gasteiger partial charge in [0.1, 0.15) is 6.54 Å². The van der Waals surface area contributed by atoms with E-state index in [1.54, 1.807) is 54.2 Å². The van der Waals surface area contributed by atoms with Crippen LogP contribution in [0, 0.1) is 0 Å². The molecular formula is C34H41F3N2O12S3. The van der Waals surface area contributed by atoms with E-state index >= 15 is 0 Å². The first-order valence-electron chi connectivity index (χ1n) is 15.9. The molecule has 1 saturated heterocycles. The molecule has 3 aromatic rings. The zero-order chi connectivity index (χ0) is 40.2. The lowest BCUT2D eigenvalue weighted by molar-refractivity contribution is -0.697. The van der Waals surface area contributed by atoms with Crippen molar-refractivity contribution in [1.82, 2.24) is 4.90 Å². The third-order valence-electron chi connectivity index (χ3n) is 7.51. The molecule has 54 heavy (non-hydrogen) atoms. The van der Waals surface area contributed by atoms with Crippen LogP contribution in [0.15, 0.2) is 54.9 Å². The molecule has 0 N–H and O–H groups in total. The summed E-state index contributed by atoms with van der Waals surface area (Å²) in [6, 6.07) is 13.5. The number of benzene rings is 2. The van der Waals surface area contributed by atoms with E-state index in [4.69, 9.17) is 46.1 Å². The Balaban J connectivity index is 0.000000879. The van der Waals surface area contributed by atoms with Crippen LogP contribution in [0.4, 0.5) is 18.0 Å². The van der Waals surface area contributed by atoms with Gasteiger partial charge in [-0.1, -0.05) is 6.07 Å². The van der Waals surface area contributed by atoms with Crippen molar-refractivity contribution in [2.24, 2.45) is 0 Å². The molecule has 0 spiro atoms. The molecule has 298 valence electrons. The molecular weight excluding hydrogens is 782 g/mol. The lowest BCUT2D eigenvalue weighted by Crippen LogP contribution is -2.41. The molecule has 0 saturated carbocycles. The Morgan fingerprint density at radius 1 is 0.889 bits per heavy atom. The second-order valence-electron chi connectivity index (χ2n) is 11.1. The number of hydrogen-bond acceptors (Lipinski definition) is 14.